The van der Waals surface area contributed by atoms with E-state index in [1.165, 1.54) is 11.3 Å². The van der Waals surface area contributed by atoms with E-state index in [4.69, 9.17) is 0 Å². The minimum Gasteiger partial charge on any atom is -0.355 e. The van der Waals surface area contributed by atoms with Crippen LogP contribution in [0.3, 0.4) is 0 Å². The standard InChI is InChI=1S/C14H19N3/c1-3-8-15-14-16-9-10-17(14)13-7-5-6-12(4-2)11-13/h5-7,9-11H,3-4,8H2,1-2H3,(H,15,16). The number of aromatic nitrogens is 2. The first-order valence-electron chi connectivity index (χ1n) is 6.21. The molecule has 1 heterocycles. The second-order valence-electron chi connectivity index (χ2n) is 4.07. The number of imidazole rings is 1. The summed E-state index contributed by atoms with van der Waals surface area (Å²) in [5, 5.41) is 3.33. The zero-order valence-electron chi connectivity index (χ0n) is 10.5. The largest absolute Gasteiger partial charge is 0.355 e. The second kappa shape index (κ2) is 5.53. The van der Waals surface area contributed by atoms with Crippen LogP contribution in [-0.2, 0) is 6.42 Å². The third kappa shape index (κ3) is 2.67. The molecule has 3 nitrogen and oxygen atoms in total. The minimum atomic E-state index is 0.917. The van der Waals surface area contributed by atoms with Gasteiger partial charge in [0.25, 0.3) is 0 Å². The molecule has 1 N–H and O–H groups in total. The van der Waals surface area contributed by atoms with Crippen LogP contribution >= 0.6 is 0 Å². The van der Waals surface area contributed by atoms with Crippen molar-refractivity contribution in [3.05, 3.63) is 42.2 Å². The van der Waals surface area contributed by atoms with Crippen molar-refractivity contribution in [2.45, 2.75) is 26.7 Å². The Kier molecular flexibility index (Phi) is 3.81. The van der Waals surface area contributed by atoms with Gasteiger partial charge in [-0.05, 0) is 30.5 Å². The van der Waals surface area contributed by atoms with Crippen molar-refractivity contribution in [1.29, 1.82) is 0 Å². The molecule has 90 valence electrons. The average molecular weight is 229 g/mol. The van der Waals surface area contributed by atoms with E-state index in [-0.39, 0.29) is 0 Å². The normalized spacial score (nSPS) is 10.5. The predicted octanol–water partition coefficient (Wildman–Crippen LogP) is 3.26. The van der Waals surface area contributed by atoms with E-state index in [0.717, 1.165) is 25.3 Å². The topological polar surface area (TPSA) is 29.9 Å². The van der Waals surface area contributed by atoms with Crippen molar-refractivity contribution >= 4 is 5.95 Å². The molecule has 0 bridgehead atoms. The van der Waals surface area contributed by atoms with Gasteiger partial charge in [0.1, 0.15) is 0 Å². The summed E-state index contributed by atoms with van der Waals surface area (Å²) < 4.78 is 2.09. The maximum atomic E-state index is 4.34. The Balaban J connectivity index is 2.28. The second-order valence-corrected chi connectivity index (χ2v) is 4.07. The van der Waals surface area contributed by atoms with E-state index in [1.54, 1.807) is 0 Å². The number of rotatable bonds is 5. The molecule has 0 aliphatic carbocycles. The Bertz CT molecular complexity index is 474. The van der Waals surface area contributed by atoms with Gasteiger partial charge in [-0.3, -0.25) is 4.57 Å². The molecule has 0 aliphatic heterocycles. The van der Waals surface area contributed by atoms with Gasteiger partial charge in [-0.1, -0.05) is 26.0 Å². The zero-order chi connectivity index (χ0) is 12.1. The van der Waals surface area contributed by atoms with Gasteiger partial charge in [-0.15, -0.1) is 0 Å². The number of benzene rings is 1. The van der Waals surface area contributed by atoms with Gasteiger partial charge in [0.15, 0.2) is 0 Å². The van der Waals surface area contributed by atoms with E-state index >= 15 is 0 Å². The first kappa shape index (κ1) is 11.7. The summed E-state index contributed by atoms with van der Waals surface area (Å²) in [6.07, 6.45) is 5.98. The van der Waals surface area contributed by atoms with Crippen LogP contribution in [0.1, 0.15) is 25.8 Å². The molecule has 0 saturated carbocycles. The van der Waals surface area contributed by atoms with Crippen LogP contribution in [0.5, 0.6) is 0 Å². The molecule has 0 spiro atoms. The molecule has 0 unspecified atom stereocenters. The van der Waals surface area contributed by atoms with E-state index < -0.39 is 0 Å². The van der Waals surface area contributed by atoms with Gasteiger partial charge in [0.2, 0.25) is 5.95 Å². The van der Waals surface area contributed by atoms with E-state index in [1.807, 2.05) is 12.4 Å². The summed E-state index contributed by atoms with van der Waals surface area (Å²) >= 11 is 0. The molecular weight excluding hydrogens is 210 g/mol. The van der Waals surface area contributed by atoms with Gasteiger partial charge in [-0.2, -0.15) is 0 Å². The molecule has 2 aromatic rings. The lowest BCUT2D eigenvalue weighted by atomic mass is 10.1. The Hall–Kier alpha value is -1.77. The molecule has 0 amide bonds. The van der Waals surface area contributed by atoms with Crippen molar-refractivity contribution in [1.82, 2.24) is 9.55 Å². The van der Waals surface area contributed by atoms with E-state index in [2.05, 4.69) is 53.0 Å². The fourth-order valence-electron chi connectivity index (χ4n) is 1.81. The lowest BCUT2D eigenvalue weighted by Gasteiger charge is -2.10. The SMILES string of the molecule is CCCNc1nccn1-c1cccc(CC)c1. The minimum absolute atomic E-state index is 0.917. The highest BCUT2D eigenvalue weighted by Crippen LogP contribution is 2.16. The smallest absolute Gasteiger partial charge is 0.207 e. The molecule has 1 aromatic heterocycles. The number of nitrogens with zero attached hydrogens (tertiary/aromatic N) is 2. The maximum Gasteiger partial charge on any atom is 0.207 e. The summed E-state index contributed by atoms with van der Waals surface area (Å²) in [6.45, 7) is 5.27. The highest BCUT2D eigenvalue weighted by atomic mass is 15.2. The van der Waals surface area contributed by atoms with Gasteiger partial charge in [0, 0.05) is 24.6 Å². The maximum absolute atomic E-state index is 4.34. The number of hydrogen-bond acceptors (Lipinski definition) is 2. The first-order valence-corrected chi connectivity index (χ1v) is 6.21. The molecule has 1 aromatic carbocycles. The molecule has 0 atom stereocenters. The number of nitrogens with one attached hydrogen (secondary N) is 1. The van der Waals surface area contributed by atoms with Crippen molar-refractivity contribution in [2.24, 2.45) is 0 Å². The van der Waals surface area contributed by atoms with Crippen molar-refractivity contribution in [2.75, 3.05) is 11.9 Å². The van der Waals surface area contributed by atoms with Crippen LogP contribution < -0.4 is 5.32 Å². The van der Waals surface area contributed by atoms with E-state index in [9.17, 15) is 0 Å². The molecular formula is C14H19N3. The van der Waals surface area contributed by atoms with Crippen LogP contribution in [-0.4, -0.2) is 16.1 Å². The lowest BCUT2D eigenvalue weighted by molar-refractivity contribution is 0.935. The third-order valence-corrected chi connectivity index (χ3v) is 2.77. The number of hydrogen-bond donors (Lipinski definition) is 1. The van der Waals surface area contributed by atoms with Crippen LogP contribution in [0.2, 0.25) is 0 Å². The molecule has 0 aliphatic rings. The van der Waals surface area contributed by atoms with Crippen molar-refractivity contribution < 1.29 is 0 Å². The Morgan fingerprint density at radius 3 is 2.94 bits per heavy atom. The van der Waals surface area contributed by atoms with E-state index in [0.29, 0.717) is 0 Å². The zero-order valence-corrected chi connectivity index (χ0v) is 10.5. The molecule has 0 radical (unpaired) electrons. The van der Waals surface area contributed by atoms with Gasteiger partial charge < -0.3 is 5.32 Å². The lowest BCUT2D eigenvalue weighted by Crippen LogP contribution is -2.06. The van der Waals surface area contributed by atoms with Crippen LogP contribution in [0, 0.1) is 0 Å². The summed E-state index contributed by atoms with van der Waals surface area (Å²) in [4.78, 5) is 4.34. The Labute approximate surface area is 103 Å². The highest BCUT2D eigenvalue weighted by Gasteiger charge is 2.03. The van der Waals surface area contributed by atoms with Gasteiger partial charge >= 0.3 is 0 Å². The highest BCUT2D eigenvalue weighted by molar-refractivity contribution is 5.43. The summed E-state index contributed by atoms with van der Waals surface area (Å²) in [5.41, 5.74) is 2.51. The number of aryl methyl sites for hydroxylation is 1. The Morgan fingerprint density at radius 1 is 1.29 bits per heavy atom. The van der Waals surface area contributed by atoms with Crippen molar-refractivity contribution in [3.63, 3.8) is 0 Å². The third-order valence-electron chi connectivity index (χ3n) is 2.77. The molecule has 0 fully saturated rings. The monoisotopic (exact) mass is 229 g/mol. The average Bonchev–Trinajstić information content (AvgIpc) is 2.84. The van der Waals surface area contributed by atoms with Crippen molar-refractivity contribution in [3.8, 4) is 5.69 Å². The molecule has 3 heteroatoms. The van der Waals surface area contributed by atoms with Crippen LogP contribution in [0.15, 0.2) is 36.7 Å². The fraction of sp³-hybridized carbons (Fsp3) is 0.357. The van der Waals surface area contributed by atoms with Crippen LogP contribution in [0.4, 0.5) is 5.95 Å². The summed E-state index contributed by atoms with van der Waals surface area (Å²) in [5.74, 6) is 0.917. The van der Waals surface area contributed by atoms with Gasteiger partial charge in [0.05, 0.1) is 0 Å². The molecule has 0 saturated heterocycles. The van der Waals surface area contributed by atoms with Gasteiger partial charge in [-0.25, -0.2) is 4.98 Å². The predicted molar refractivity (Wildman–Crippen MR) is 71.7 cm³/mol. The van der Waals surface area contributed by atoms with Crippen LogP contribution in [0.25, 0.3) is 5.69 Å². The quantitative estimate of drug-likeness (QED) is 0.853. The Morgan fingerprint density at radius 2 is 2.18 bits per heavy atom. The number of anilines is 1. The molecule has 17 heavy (non-hydrogen) atoms. The summed E-state index contributed by atoms with van der Waals surface area (Å²) in [6, 6.07) is 8.56. The first-order chi connectivity index (χ1) is 8.35. The molecule has 2 rings (SSSR count). The fourth-order valence-corrected chi connectivity index (χ4v) is 1.81. The summed E-state index contributed by atoms with van der Waals surface area (Å²) in [7, 11) is 0.